The zero-order valence-electron chi connectivity index (χ0n) is 17.6. The van der Waals surface area contributed by atoms with E-state index in [4.69, 9.17) is 14.2 Å². The molecule has 0 spiro atoms. The van der Waals surface area contributed by atoms with Crippen LogP contribution in [-0.4, -0.2) is 66.5 Å². The molecule has 1 atom stereocenters. The first kappa shape index (κ1) is 21.3. The van der Waals surface area contributed by atoms with E-state index in [0.717, 1.165) is 25.0 Å². The zero-order valence-corrected chi connectivity index (χ0v) is 17.6. The van der Waals surface area contributed by atoms with E-state index < -0.39 is 5.60 Å². The van der Waals surface area contributed by atoms with E-state index >= 15 is 0 Å². The second-order valence-corrected chi connectivity index (χ2v) is 8.75. The first-order chi connectivity index (χ1) is 13.8. The number of hydrogen-bond donors (Lipinski definition) is 0. The number of piperidine rings is 1. The molecule has 0 radical (unpaired) electrons. The van der Waals surface area contributed by atoms with E-state index in [1.807, 2.05) is 51.1 Å². The van der Waals surface area contributed by atoms with Crippen molar-refractivity contribution in [3.63, 3.8) is 0 Å². The molecule has 7 nitrogen and oxygen atoms in total. The number of amides is 2. The first-order valence-corrected chi connectivity index (χ1v) is 10.4. The maximum absolute atomic E-state index is 12.2. The van der Waals surface area contributed by atoms with Crippen LogP contribution in [0.2, 0.25) is 0 Å². The molecule has 29 heavy (non-hydrogen) atoms. The number of carbonyl (C=O) groups excluding carboxylic acids is 2. The molecule has 1 aromatic rings. The van der Waals surface area contributed by atoms with Crippen LogP contribution < -0.4 is 4.74 Å². The summed E-state index contributed by atoms with van der Waals surface area (Å²) < 4.78 is 16.5. The van der Waals surface area contributed by atoms with Gasteiger partial charge in [-0.3, -0.25) is 4.90 Å². The standard InChI is InChI=1S/C22H32N2O5/c1-22(2,3)29-20(25)23-12-9-17(10-13-23)11-14-24-18(16-28-21(24)26)15-27-19-7-5-4-6-8-19/h4-8,17-18H,9-16H2,1-3H3. The molecule has 2 aliphatic rings. The summed E-state index contributed by atoms with van der Waals surface area (Å²) in [7, 11) is 0. The molecule has 1 aromatic carbocycles. The Bertz CT molecular complexity index is 680. The summed E-state index contributed by atoms with van der Waals surface area (Å²) in [6.45, 7) is 8.48. The van der Waals surface area contributed by atoms with Gasteiger partial charge in [0.25, 0.3) is 0 Å². The summed E-state index contributed by atoms with van der Waals surface area (Å²) in [5, 5.41) is 0. The zero-order chi connectivity index (χ0) is 20.9. The van der Waals surface area contributed by atoms with Crippen molar-refractivity contribution >= 4 is 12.2 Å². The summed E-state index contributed by atoms with van der Waals surface area (Å²) in [5.41, 5.74) is -0.471. The van der Waals surface area contributed by atoms with Crippen molar-refractivity contribution < 1.29 is 23.8 Å². The van der Waals surface area contributed by atoms with Crippen molar-refractivity contribution in [1.29, 1.82) is 0 Å². The number of rotatable bonds is 6. The van der Waals surface area contributed by atoms with Crippen LogP contribution >= 0.6 is 0 Å². The molecule has 2 aliphatic heterocycles. The summed E-state index contributed by atoms with van der Waals surface area (Å²) in [6.07, 6.45) is 2.25. The topological polar surface area (TPSA) is 68.3 Å². The summed E-state index contributed by atoms with van der Waals surface area (Å²) in [4.78, 5) is 27.9. The second kappa shape index (κ2) is 9.37. The van der Waals surface area contributed by atoms with E-state index in [1.54, 1.807) is 9.80 Å². The van der Waals surface area contributed by atoms with Crippen LogP contribution in [0.15, 0.2) is 30.3 Å². The van der Waals surface area contributed by atoms with Gasteiger partial charge in [-0.15, -0.1) is 0 Å². The second-order valence-electron chi connectivity index (χ2n) is 8.75. The molecule has 3 rings (SSSR count). The number of hydrogen-bond acceptors (Lipinski definition) is 5. The number of likely N-dealkylation sites (tertiary alicyclic amines) is 1. The Kier molecular flexibility index (Phi) is 6.87. The van der Waals surface area contributed by atoms with Crippen LogP contribution in [-0.2, 0) is 9.47 Å². The van der Waals surface area contributed by atoms with Gasteiger partial charge >= 0.3 is 12.2 Å². The van der Waals surface area contributed by atoms with Gasteiger partial charge in [0.2, 0.25) is 0 Å². The molecular weight excluding hydrogens is 372 g/mol. The predicted octanol–water partition coefficient (Wildman–Crippen LogP) is 3.92. The normalized spacial score (nSPS) is 20.5. The Morgan fingerprint density at radius 2 is 1.86 bits per heavy atom. The smallest absolute Gasteiger partial charge is 0.410 e. The Labute approximate surface area is 172 Å². The number of cyclic esters (lactones) is 1. The molecule has 0 bridgehead atoms. The van der Waals surface area contributed by atoms with Crippen molar-refractivity contribution in [2.45, 2.75) is 51.7 Å². The van der Waals surface area contributed by atoms with Crippen molar-refractivity contribution in [1.82, 2.24) is 9.80 Å². The molecule has 2 amide bonds. The van der Waals surface area contributed by atoms with Gasteiger partial charge < -0.3 is 19.1 Å². The molecule has 0 aromatic heterocycles. The van der Waals surface area contributed by atoms with E-state index in [9.17, 15) is 9.59 Å². The molecular formula is C22H32N2O5. The molecule has 0 saturated carbocycles. The van der Waals surface area contributed by atoms with E-state index in [-0.39, 0.29) is 18.2 Å². The Morgan fingerprint density at radius 3 is 2.52 bits per heavy atom. The molecule has 2 fully saturated rings. The fourth-order valence-electron chi connectivity index (χ4n) is 3.66. The third-order valence-electron chi connectivity index (χ3n) is 5.30. The molecule has 2 heterocycles. The van der Waals surface area contributed by atoms with Crippen LogP contribution in [0.1, 0.15) is 40.0 Å². The minimum Gasteiger partial charge on any atom is -0.491 e. The quantitative estimate of drug-likeness (QED) is 0.719. The van der Waals surface area contributed by atoms with E-state index in [2.05, 4.69) is 0 Å². The van der Waals surface area contributed by atoms with Crippen molar-refractivity contribution in [3.8, 4) is 5.75 Å². The highest BCUT2D eigenvalue weighted by atomic mass is 16.6. The summed E-state index contributed by atoms with van der Waals surface area (Å²) in [5.74, 6) is 1.28. The van der Waals surface area contributed by atoms with Crippen LogP contribution in [0.3, 0.4) is 0 Å². The van der Waals surface area contributed by atoms with Gasteiger partial charge in [-0.2, -0.15) is 0 Å². The number of para-hydroxylation sites is 1. The van der Waals surface area contributed by atoms with Gasteiger partial charge in [0, 0.05) is 19.6 Å². The van der Waals surface area contributed by atoms with Gasteiger partial charge in [-0.05, 0) is 58.1 Å². The van der Waals surface area contributed by atoms with Crippen LogP contribution in [0.5, 0.6) is 5.75 Å². The largest absolute Gasteiger partial charge is 0.491 e. The van der Waals surface area contributed by atoms with Gasteiger partial charge in [0.1, 0.15) is 30.6 Å². The third kappa shape index (κ3) is 6.27. The van der Waals surface area contributed by atoms with E-state index in [0.29, 0.717) is 38.8 Å². The third-order valence-corrected chi connectivity index (χ3v) is 5.30. The lowest BCUT2D eigenvalue weighted by atomic mass is 9.93. The number of nitrogens with zero attached hydrogens (tertiary/aromatic N) is 2. The van der Waals surface area contributed by atoms with Crippen LogP contribution in [0.25, 0.3) is 0 Å². The maximum Gasteiger partial charge on any atom is 0.410 e. The SMILES string of the molecule is CC(C)(C)OC(=O)N1CCC(CCN2C(=O)OCC2COc2ccccc2)CC1. The van der Waals surface area contributed by atoms with Crippen molar-refractivity contribution in [2.75, 3.05) is 32.8 Å². The molecule has 0 N–H and O–H groups in total. The van der Waals surface area contributed by atoms with Gasteiger partial charge in [0.15, 0.2) is 0 Å². The lowest BCUT2D eigenvalue weighted by Crippen LogP contribution is -2.43. The minimum atomic E-state index is -0.471. The highest BCUT2D eigenvalue weighted by Crippen LogP contribution is 2.24. The van der Waals surface area contributed by atoms with Crippen molar-refractivity contribution in [2.24, 2.45) is 5.92 Å². The number of ether oxygens (including phenoxy) is 3. The molecule has 0 aliphatic carbocycles. The fraction of sp³-hybridized carbons (Fsp3) is 0.636. The van der Waals surface area contributed by atoms with Gasteiger partial charge in [-0.25, -0.2) is 9.59 Å². The van der Waals surface area contributed by atoms with Gasteiger partial charge in [0.05, 0.1) is 0 Å². The average Bonchev–Trinajstić information content (AvgIpc) is 3.04. The van der Waals surface area contributed by atoms with E-state index in [1.165, 1.54) is 0 Å². The Morgan fingerprint density at radius 1 is 1.17 bits per heavy atom. The number of benzene rings is 1. The summed E-state index contributed by atoms with van der Waals surface area (Å²) >= 11 is 0. The van der Waals surface area contributed by atoms with Gasteiger partial charge in [-0.1, -0.05) is 18.2 Å². The molecule has 2 saturated heterocycles. The first-order valence-electron chi connectivity index (χ1n) is 10.4. The average molecular weight is 405 g/mol. The molecule has 160 valence electrons. The van der Waals surface area contributed by atoms with Crippen molar-refractivity contribution in [3.05, 3.63) is 30.3 Å². The van der Waals surface area contributed by atoms with Crippen LogP contribution in [0.4, 0.5) is 9.59 Å². The lowest BCUT2D eigenvalue weighted by molar-refractivity contribution is 0.0178. The highest BCUT2D eigenvalue weighted by molar-refractivity contribution is 5.70. The fourth-order valence-corrected chi connectivity index (χ4v) is 3.66. The predicted molar refractivity (Wildman–Crippen MR) is 109 cm³/mol. The number of carbonyl (C=O) groups is 2. The molecule has 1 unspecified atom stereocenters. The molecule has 7 heteroatoms. The summed E-state index contributed by atoms with van der Waals surface area (Å²) in [6, 6.07) is 9.53. The minimum absolute atomic E-state index is 0.0652. The Balaban J connectivity index is 1.42. The monoisotopic (exact) mass is 404 g/mol. The Hall–Kier alpha value is -2.44. The lowest BCUT2D eigenvalue weighted by Gasteiger charge is -2.34. The maximum atomic E-state index is 12.2. The highest BCUT2D eigenvalue weighted by Gasteiger charge is 2.34. The van der Waals surface area contributed by atoms with Crippen LogP contribution in [0, 0.1) is 5.92 Å².